The number of aliphatic hydroxyl groups is 1. The average Bonchev–Trinajstić information content (AvgIpc) is 2.93. The molecule has 94 valence electrons. The average molecular weight is 258 g/mol. The Hall–Kier alpha value is -0.990. The lowest BCUT2D eigenvalue weighted by Crippen LogP contribution is -2.23. The molecular weight excluding hydrogens is 240 g/mol. The molecule has 3 rings (SSSR count). The summed E-state index contributed by atoms with van der Waals surface area (Å²) in [5, 5.41) is 13.3. The van der Waals surface area contributed by atoms with Crippen molar-refractivity contribution in [2.75, 3.05) is 5.75 Å². The van der Waals surface area contributed by atoms with Gasteiger partial charge >= 0.3 is 0 Å². The van der Waals surface area contributed by atoms with E-state index in [2.05, 4.69) is 42.5 Å². The van der Waals surface area contributed by atoms with Crippen molar-refractivity contribution in [3.8, 4) is 0 Å². The van der Waals surface area contributed by atoms with Crippen LogP contribution < -0.4 is 0 Å². The highest BCUT2D eigenvalue weighted by Crippen LogP contribution is 2.31. The number of hydrogen-bond donors (Lipinski definition) is 1. The molecule has 2 aromatic carbocycles. The molecular formula is C16H18OS. The highest BCUT2D eigenvalue weighted by atomic mass is 32.2. The van der Waals surface area contributed by atoms with E-state index in [0.29, 0.717) is 5.25 Å². The molecule has 1 heterocycles. The van der Waals surface area contributed by atoms with Crippen LogP contribution in [0.5, 0.6) is 0 Å². The van der Waals surface area contributed by atoms with Crippen LogP contribution in [0, 0.1) is 0 Å². The van der Waals surface area contributed by atoms with E-state index in [1.165, 1.54) is 28.5 Å². The summed E-state index contributed by atoms with van der Waals surface area (Å²) in [6.07, 6.45) is 2.99. The van der Waals surface area contributed by atoms with Gasteiger partial charge in [-0.1, -0.05) is 42.5 Å². The lowest BCUT2D eigenvalue weighted by atomic mass is 9.98. The fourth-order valence-corrected chi connectivity index (χ4v) is 4.02. The largest absolute Gasteiger partial charge is 0.392 e. The van der Waals surface area contributed by atoms with Crippen LogP contribution in [0.1, 0.15) is 18.4 Å². The monoisotopic (exact) mass is 258 g/mol. The molecule has 2 unspecified atom stereocenters. The van der Waals surface area contributed by atoms with Gasteiger partial charge in [-0.05, 0) is 34.9 Å². The minimum Gasteiger partial charge on any atom is -0.392 e. The third-order valence-corrected chi connectivity index (χ3v) is 5.21. The van der Waals surface area contributed by atoms with Crippen LogP contribution in [0.3, 0.4) is 0 Å². The lowest BCUT2D eigenvalue weighted by molar-refractivity contribution is 0.170. The van der Waals surface area contributed by atoms with Gasteiger partial charge in [0.05, 0.1) is 6.10 Å². The molecule has 1 aliphatic heterocycles. The molecule has 0 saturated carbocycles. The molecule has 0 amide bonds. The molecule has 0 radical (unpaired) electrons. The van der Waals surface area contributed by atoms with Gasteiger partial charge in [-0.25, -0.2) is 0 Å². The first-order valence-corrected chi connectivity index (χ1v) is 7.66. The van der Waals surface area contributed by atoms with Crippen molar-refractivity contribution < 1.29 is 5.11 Å². The SMILES string of the molecule is OC(Cc1cccc2ccccc12)C1CCCS1. The minimum absolute atomic E-state index is 0.205. The van der Waals surface area contributed by atoms with Crippen molar-refractivity contribution in [1.29, 1.82) is 0 Å². The lowest BCUT2D eigenvalue weighted by Gasteiger charge is -2.18. The van der Waals surface area contributed by atoms with E-state index in [1.807, 2.05) is 11.8 Å². The molecule has 1 nitrogen and oxygen atoms in total. The molecule has 1 fully saturated rings. The molecule has 0 aromatic heterocycles. The van der Waals surface area contributed by atoms with Crippen LogP contribution in [-0.2, 0) is 6.42 Å². The zero-order chi connectivity index (χ0) is 12.4. The highest BCUT2D eigenvalue weighted by molar-refractivity contribution is 8.00. The number of aliphatic hydroxyl groups excluding tert-OH is 1. The van der Waals surface area contributed by atoms with Crippen molar-refractivity contribution >= 4 is 22.5 Å². The Morgan fingerprint density at radius 3 is 2.83 bits per heavy atom. The summed E-state index contributed by atoms with van der Waals surface area (Å²) in [4.78, 5) is 0. The molecule has 0 aliphatic carbocycles. The first-order chi connectivity index (χ1) is 8.84. The zero-order valence-corrected chi connectivity index (χ0v) is 11.2. The van der Waals surface area contributed by atoms with E-state index < -0.39 is 0 Å². The first-order valence-electron chi connectivity index (χ1n) is 6.61. The van der Waals surface area contributed by atoms with E-state index in [9.17, 15) is 5.11 Å². The van der Waals surface area contributed by atoms with Crippen molar-refractivity contribution in [2.45, 2.75) is 30.6 Å². The van der Waals surface area contributed by atoms with Gasteiger partial charge in [-0.2, -0.15) is 11.8 Å². The van der Waals surface area contributed by atoms with E-state index in [-0.39, 0.29) is 6.10 Å². The molecule has 1 N–H and O–H groups in total. The fraction of sp³-hybridized carbons (Fsp3) is 0.375. The van der Waals surface area contributed by atoms with Gasteiger partial charge in [0.15, 0.2) is 0 Å². The maximum atomic E-state index is 10.3. The molecule has 2 atom stereocenters. The molecule has 2 aromatic rings. The highest BCUT2D eigenvalue weighted by Gasteiger charge is 2.24. The quantitative estimate of drug-likeness (QED) is 0.907. The van der Waals surface area contributed by atoms with Crippen LogP contribution in [0.2, 0.25) is 0 Å². The second kappa shape index (κ2) is 5.33. The van der Waals surface area contributed by atoms with Gasteiger partial charge in [-0.15, -0.1) is 0 Å². The van der Waals surface area contributed by atoms with E-state index >= 15 is 0 Å². The maximum Gasteiger partial charge on any atom is 0.0699 e. The fourth-order valence-electron chi connectivity index (χ4n) is 2.73. The topological polar surface area (TPSA) is 20.2 Å². The Morgan fingerprint density at radius 1 is 1.17 bits per heavy atom. The van der Waals surface area contributed by atoms with Crippen molar-refractivity contribution in [3.63, 3.8) is 0 Å². The molecule has 0 bridgehead atoms. The number of rotatable bonds is 3. The number of hydrogen-bond acceptors (Lipinski definition) is 2. The van der Waals surface area contributed by atoms with Gasteiger partial charge in [0.1, 0.15) is 0 Å². The van der Waals surface area contributed by atoms with Crippen molar-refractivity contribution in [2.24, 2.45) is 0 Å². The van der Waals surface area contributed by atoms with Gasteiger partial charge < -0.3 is 5.11 Å². The van der Waals surface area contributed by atoms with Gasteiger partial charge in [0, 0.05) is 11.7 Å². The van der Waals surface area contributed by atoms with E-state index in [4.69, 9.17) is 0 Å². The van der Waals surface area contributed by atoms with Crippen LogP contribution in [-0.4, -0.2) is 22.2 Å². The Labute approximate surface area is 112 Å². The number of thioether (sulfide) groups is 1. The molecule has 0 spiro atoms. The summed E-state index contributed by atoms with van der Waals surface area (Å²) >= 11 is 1.93. The van der Waals surface area contributed by atoms with Gasteiger partial charge in [-0.3, -0.25) is 0 Å². The van der Waals surface area contributed by atoms with Gasteiger partial charge in [0.2, 0.25) is 0 Å². The van der Waals surface area contributed by atoms with Crippen LogP contribution in [0.25, 0.3) is 10.8 Å². The summed E-state index contributed by atoms with van der Waals surface area (Å²) in [5.74, 6) is 1.21. The normalized spacial score (nSPS) is 21.3. The Bertz CT molecular complexity index is 526. The molecule has 1 saturated heterocycles. The second-order valence-corrected chi connectivity index (χ2v) is 6.31. The van der Waals surface area contributed by atoms with Crippen LogP contribution in [0.4, 0.5) is 0 Å². The van der Waals surface area contributed by atoms with Gasteiger partial charge in [0.25, 0.3) is 0 Å². The first kappa shape index (κ1) is 12.1. The molecule has 1 aliphatic rings. The predicted molar refractivity (Wildman–Crippen MR) is 79.1 cm³/mol. The Morgan fingerprint density at radius 2 is 2.00 bits per heavy atom. The Kier molecular flexibility index (Phi) is 3.57. The number of fused-ring (bicyclic) bond motifs is 1. The smallest absolute Gasteiger partial charge is 0.0699 e. The summed E-state index contributed by atoms with van der Waals surface area (Å²) in [7, 11) is 0. The summed E-state index contributed by atoms with van der Waals surface area (Å²) in [6, 6.07) is 14.8. The summed E-state index contributed by atoms with van der Waals surface area (Å²) < 4.78 is 0. The van der Waals surface area contributed by atoms with E-state index in [0.717, 1.165) is 12.8 Å². The molecule has 2 heteroatoms. The third kappa shape index (κ3) is 2.40. The van der Waals surface area contributed by atoms with Crippen molar-refractivity contribution in [1.82, 2.24) is 0 Å². The maximum absolute atomic E-state index is 10.3. The minimum atomic E-state index is -0.205. The van der Waals surface area contributed by atoms with Crippen LogP contribution in [0.15, 0.2) is 42.5 Å². The third-order valence-electron chi connectivity index (χ3n) is 3.70. The van der Waals surface area contributed by atoms with Crippen molar-refractivity contribution in [3.05, 3.63) is 48.0 Å². The summed E-state index contributed by atoms with van der Waals surface area (Å²) in [5.41, 5.74) is 1.27. The zero-order valence-electron chi connectivity index (χ0n) is 10.4. The molecule has 18 heavy (non-hydrogen) atoms. The summed E-state index contributed by atoms with van der Waals surface area (Å²) in [6.45, 7) is 0. The Balaban J connectivity index is 1.85. The van der Waals surface area contributed by atoms with E-state index in [1.54, 1.807) is 0 Å². The predicted octanol–water partition coefficient (Wildman–Crippen LogP) is 3.64. The standard InChI is InChI=1S/C16H18OS/c17-15(16-9-4-10-18-16)11-13-7-3-6-12-5-1-2-8-14(12)13/h1-3,5-8,15-17H,4,9-11H2. The van der Waals surface area contributed by atoms with Crippen LogP contribution >= 0.6 is 11.8 Å². The number of benzene rings is 2. The second-order valence-electron chi connectivity index (χ2n) is 4.96.